The Labute approximate surface area is 120 Å². The molecule has 6 heteroatoms. The van der Waals surface area contributed by atoms with E-state index in [0.717, 1.165) is 0 Å². The lowest BCUT2D eigenvalue weighted by atomic mass is 9.75. The second-order valence-electron chi connectivity index (χ2n) is 5.71. The molecule has 0 amide bonds. The Morgan fingerprint density at radius 2 is 1.67 bits per heavy atom. The fourth-order valence-electron chi connectivity index (χ4n) is 3.04. The Kier molecular flexibility index (Phi) is 3.51. The van der Waals surface area contributed by atoms with Gasteiger partial charge in [-0.05, 0) is 43.4 Å². The Balaban J connectivity index is 1.78. The minimum absolute atomic E-state index is 0.0472. The summed E-state index contributed by atoms with van der Waals surface area (Å²) in [5, 5.41) is 10.7. The molecule has 0 radical (unpaired) electrons. The Bertz CT molecular complexity index is 519. The van der Waals surface area contributed by atoms with Crippen LogP contribution in [0.4, 0.5) is 13.2 Å². The number of rotatable bonds is 1. The van der Waals surface area contributed by atoms with Crippen molar-refractivity contribution in [2.75, 3.05) is 13.2 Å². The maximum atomic E-state index is 12.7. The summed E-state index contributed by atoms with van der Waals surface area (Å²) in [7, 11) is 0. The van der Waals surface area contributed by atoms with E-state index in [1.165, 1.54) is 0 Å². The van der Waals surface area contributed by atoms with Gasteiger partial charge in [-0.15, -0.1) is 0 Å². The monoisotopic (exact) mass is 302 g/mol. The summed E-state index contributed by atoms with van der Waals surface area (Å²) in [4.78, 5) is 0. The highest BCUT2D eigenvalue weighted by Gasteiger charge is 2.45. The van der Waals surface area contributed by atoms with Gasteiger partial charge in [0, 0.05) is 0 Å². The van der Waals surface area contributed by atoms with Crippen molar-refractivity contribution in [1.82, 2.24) is 0 Å². The number of halogens is 3. The zero-order valence-corrected chi connectivity index (χ0v) is 11.4. The molecule has 3 nitrogen and oxygen atoms in total. The van der Waals surface area contributed by atoms with E-state index in [-0.39, 0.29) is 25.7 Å². The second-order valence-corrected chi connectivity index (χ2v) is 5.71. The molecule has 1 heterocycles. The molecular weight excluding hydrogens is 285 g/mol. The van der Waals surface area contributed by atoms with Gasteiger partial charge in [-0.2, -0.15) is 13.2 Å². The number of fused-ring (bicyclic) bond motifs is 1. The van der Waals surface area contributed by atoms with Crippen LogP contribution in [0.15, 0.2) is 18.2 Å². The molecule has 1 N–H and O–H groups in total. The fourth-order valence-corrected chi connectivity index (χ4v) is 3.04. The predicted octanol–water partition coefficient (Wildman–Crippen LogP) is 3.40. The van der Waals surface area contributed by atoms with Crippen LogP contribution >= 0.6 is 0 Å². The zero-order chi connectivity index (χ0) is 15.1. The van der Waals surface area contributed by atoms with Crippen molar-refractivity contribution in [2.45, 2.75) is 37.5 Å². The van der Waals surface area contributed by atoms with E-state index in [4.69, 9.17) is 9.47 Å². The van der Waals surface area contributed by atoms with Crippen LogP contribution in [0.3, 0.4) is 0 Å². The summed E-state index contributed by atoms with van der Waals surface area (Å²) in [6, 6.07) is 5.10. The standard InChI is InChI=1S/C15H17F3O3/c16-15(17,18)10-3-5-14(19,6-4-10)11-1-2-12-13(9-11)21-8-7-20-12/h1-2,9-10,19H,3-8H2. The largest absolute Gasteiger partial charge is 0.486 e. The van der Waals surface area contributed by atoms with Crippen LogP contribution < -0.4 is 9.47 Å². The van der Waals surface area contributed by atoms with Crippen LogP contribution in [0.25, 0.3) is 0 Å². The van der Waals surface area contributed by atoms with E-state index in [2.05, 4.69) is 0 Å². The number of ether oxygens (including phenoxy) is 2. The highest BCUT2D eigenvalue weighted by atomic mass is 19.4. The maximum absolute atomic E-state index is 12.7. The van der Waals surface area contributed by atoms with E-state index in [9.17, 15) is 18.3 Å². The number of alkyl halides is 3. The van der Waals surface area contributed by atoms with Gasteiger partial charge in [0.25, 0.3) is 0 Å². The summed E-state index contributed by atoms with van der Waals surface area (Å²) < 4.78 is 49.0. The van der Waals surface area contributed by atoms with Crippen molar-refractivity contribution >= 4 is 0 Å². The van der Waals surface area contributed by atoms with Gasteiger partial charge in [-0.3, -0.25) is 0 Å². The first-order valence-electron chi connectivity index (χ1n) is 7.08. The first-order chi connectivity index (χ1) is 9.88. The van der Waals surface area contributed by atoms with Crippen LogP contribution in [-0.4, -0.2) is 24.5 Å². The summed E-state index contributed by atoms with van der Waals surface area (Å²) in [5.74, 6) is -0.155. The average molecular weight is 302 g/mol. The SMILES string of the molecule is OC1(c2ccc3c(c2)OCCO3)CCC(C(F)(F)F)CC1. The lowest BCUT2D eigenvalue weighted by Gasteiger charge is -2.37. The van der Waals surface area contributed by atoms with Crippen molar-refractivity contribution in [1.29, 1.82) is 0 Å². The molecule has 21 heavy (non-hydrogen) atoms. The minimum Gasteiger partial charge on any atom is -0.486 e. The summed E-state index contributed by atoms with van der Waals surface area (Å²) in [5.41, 5.74) is -0.607. The number of benzene rings is 1. The molecule has 0 atom stereocenters. The smallest absolute Gasteiger partial charge is 0.391 e. The highest BCUT2D eigenvalue weighted by Crippen LogP contribution is 2.46. The zero-order valence-electron chi connectivity index (χ0n) is 11.4. The van der Waals surface area contributed by atoms with Gasteiger partial charge in [0.2, 0.25) is 0 Å². The quantitative estimate of drug-likeness (QED) is 0.864. The van der Waals surface area contributed by atoms with Crippen molar-refractivity contribution in [2.24, 2.45) is 5.92 Å². The van der Waals surface area contributed by atoms with Crippen LogP contribution in [-0.2, 0) is 5.60 Å². The van der Waals surface area contributed by atoms with Crippen molar-refractivity contribution in [3.8, 4) is 11.5 Å². The van der Waals surface area contributed by atoms with E-state index < -0.39 is 17.7 Å². The lowest BCUT2D eigenvalue weighted by molar-refractivity contribution is -0.193. The molecule has 1 saturated carbocycles. The molecule has 0 aromatic heterocycles. The molecule has 3 rings (SSSR count). The van der Waals surface area contributed by atoms with Crippen LogP contribution in [0.1, 0.15) is 31.2 Å². The third-order valence-corrected chi connectivity index (χ3v) is 4.36. The molecular formula is C15H17F3O3. The molecule has 1 aliphatic heterocycles. The third-order valence-electron chi connectivity index (χ3n) is 4.36. The minimum atomic E-state index is -4.17. The molecule has 0 saturated heterocycles. The molecule has 2 aliphatic rings. The van der Waals surface area contributed by atoms with Crippen molar-refractivity contribution in [3.63, 3.8) is 0 Å². The van der Waals surface area contributed by atoms with E-state index >= 15 is 0 Å². The average Bonchev–Trinajstić information content (AvgIpc) is 2.46. The highest BCUT2D eigenvalue weighted by molar-refractivity contribution is 5.45. The van der Waals surface area contributed by atoms with Crippen LogP contribution in [0.5, 0.6) is 11.5 Å². The van der Waals surface area contributed by atoms with Gasteiger partial charge < -0.3 is 14.6 Å². The predicted molar refractivity (Wildman–Crippen MR) is 69.3 cm³/mol. The summed E-state index contributed by atoms with van der Waals surface area (Å²) >= 11 is 0. The molecule has 1 aliphatic carbocycles. The molecule has 1 aromatic carbocycles. The molecule has 0 spiro atoms. The van der Waals surface area contributed by atoms with Gasteiger partial charge >= 0.3 is 6.18 Å². The molecule has 1 fully saturated rings. The number of aliphatic hydroxyl groups is 1. The molecule has 0 unspecified atom stereocenters. The van der Waals surface area contributed by atoms with Crippen LogP contribution in [0, 0.1) is 5.92 Å². The summed E-state index contributed by atoms with van der Waals surface area (Å²) in [6.07, 6.45) is -4.05. The lowest BCUT2D eigenvalue weighted by Crippen LogP contribution is -2.36. The van der Waals surface area contributed by atoms with Crippen molar-refractivity contribution in [3.05, 3.63) is 23.8 Å². The number of hydrogen-bond acceptors (Lipinski definition) is 3. The Morgan fingerprint density at radius 3 is 2.29 bits per heavy atom. The van der Waals surface area contributed by atoms with Gasteiger partial charge in [-0.25, -0.2) is 0 Å². The fraction of sp³-hybridized carbons (Fsp3) is 0.600. The maximum Gasteiger partial charge on any atom is 0.391 e. The van der Waals surface area contributed by atoms with Gasteiger partial charge in [0.1, 0.15) is 13.2 Å². The Morgan fingerprint density at radius 1 is 1.05 bits per heavy atom. The van der Waals surface area contributed by atoms with E-state index in [1.54, 1.807) is 18.2 Å². The van der Waals surface area contributed by atoms with E-state index in [0.29, 0.717) is 30.3 Å². The number of hydrogen-bond donors (Lipinski definition) is 1. The second kappa shape index (κ2) is 5.09. The molecule has 0 bridgehead atoms. The first kappa shape index (κ1) is 14.5. The van der Waals surface area contributed by atoms with Crippen LogP contribution in [0.2, 0.25) is 0 Å². The Hall–Kier alpha value is -1.43. The summed E-state index contributed by atoms with van der Waals surface area (Å²) in [6.45, 7) is 0.912. The van der Waals surface area contributed by atoms with E-state index in [1.807, 2.05) is 0 Å². The molecule has 1 aromatic rings. The topological polar surface area (TPSA) is 38.7 Å². The van der Waals surface area contributed by atoms with Gasteiger partial charge in [-0.1, -0.05) is 6.07 Å². The third kappa shape index (κ3) is 2.81. The van der Waals surface area contributed by atoms with Gasteiger partial charge in [0.15, 0.2) is 11.5 Å². The molecule has 116 valence electrons. The normalized spacial score (nSPS) is 29.2. The van der Waals surface area contributed by atoms with Gasteiger partial charge in [0.05, 0.1) is 11.5 Å². The first-order valence-corrected chi connectivity index (χ1v) is 7.08. The van der Waals surface area contributed by atoms with Crippen molar-refractivity contribution < 1.29 is 27.8 Å².